The molecular formula is C18H29NO. The lowest BCUT2D eigenvalue weighted by Crippen LogP contribution is -2.22. The van der Waals surface area contributed by atoms with Crippen molar-refractivity contribution in [3.8, 4) is 12.3 Å². The van der Waals surface area contributed by atoms with E-state index in [4.69, 9.17) is 10.9 Å². The summed E-state index contributed by atoms with van der Waals surface area (Å²) in [6.45, 7) is 6.80. The van der Waals surface area contributed by atoms with Gasteiger partial charge in [0.05, 0.1) is 0 Å². The van der Waals surface area contributed by atoms with E-state index in [1.54, 1.807) is 6.26 Å². The summed E-state index contributed by atoms with van der Waals surface area (Å²) < 4.78 is 5.12. The lowest BCUT2D eigenvalue weighted by Gasteiger charge is -2.28. The number of hydrogen-bond donors (Lipinski definition) is 0. The number of nitrogens with zero attached hydrogens (tertiary/aromatic N) is 1. The average Bonchev–Trinajstić information content (AvgIpc) is 2.94. The van der Waals surface area contributed by atoms with Gasteiger partial charge in [0.2, 0.25) is 0 Å². The molecule has 0 aliphatic carbocycles. The van der Waals surface area contributed by atoms with E-state index >= 15 is 0 Å². The van der Waals surface area contributed by atoms with Crippen molar-refractivity contribution in [1.29, 1.82) is 0 Å². The van der Waals surface area contributed by atoms with Gasteiger partial charge in [-0.05, 0) is 24.2 Å². The van der Waals surface area contributed by atoms with Crippen molar-refractivity contribution in [3.05, 3.63) is 17.5 Å². The Morgan fingerprint density at radius 1 is 1.10 bits per heavy atom. The normalized spacial score (nSPS) is 13.9. The quantitative estimate of drug-likeness (QED) is 0.418. The van der Waals surface area contributed by atoms with Crippen molar-refractivity contribution in [2.45, 2.75) is 84.0 Å². The van der Waals surface area contributed by atoms with Gasteiger partial charge in [0.1, 0.15) is 6.26 Å². The summed E-state index contributed by atoms with van der Waals surface area (Å²) in [6.07, 6.45) is 18.6. The molecule has 0 saturated heterocycles. The highest BCUT2D eigenvalue weighted by atomic mass is 16.5. The molecule has 0 aliphatic rings. The molecule has 0 spiro atoms. The van der Waals surface area contributed by atoms with Crippen LogP contribution in [0.25, 0.3) is 0 Å². The number of terminal acetylenes is 1. The second-order valence-electron chi connectivity index (χ2n) is 6.05. The van der Waals surface area contributed by atoms with E-state index < -0.39 is 0 Å². The number of hydrogen-bond acceptors (Lipinski definition) is 2. The predicted octanol–water partition coefficient (Wildman–Crippen LogP) is 5.46. The van der Waals surface area contributed by atoms with Crippen LogP contribution in [0.1, 0.15) is 89.8 Å². The maximum absolute atomic E-state index is 5.54. The molecular weight excluding hydrogens is 246 g/mol. The smallest absolute Gasteiger partial charge is 0.159 e. The van der Waals surface area contributed by atoms with Crippen LogP contribution >= 0.6 is 0 Å². The zero-order valence-corrected chi connectivity index (χ0v) is 13.4. The van der Waals surface area contributed by atoms with Gasteiger partial charge >= 0.3 is 0 Å². The van der Waals surface area contributed by atoms with E-state index in [2.05, 4.69) is 31.8 Å². The van der Waals surface area contributed by atoms with Crippen molar-refractivity contribution in [2.75, 3.05) is 0 Å². The van der Waals surface area contributed by atoms with E-state index in [0.717, 1.165) is 12.0 Å². The van der Waals surface area contributed by atoms with Crippen LogP contribution < -0.4 is 0 Å². The van der Waals surface area contributed by atoms with Gasteiger partial charge in [-0.1, -0.05) is 70.9 Å². The van der Waals surface area contributed by atoms with Crippen LogP contribution in [-0.4, -0.2) is 5.16 Å². The first-order valence-electron chi connectivity index (χ1n) is 8.09. The third-order valence-corrected chi connectivity index (χ3v) is 4.27. The largest absolute Gasteiger partial charge is 0.363 e. The number of aromatic nitrogens is 1. The molecule has 1 aromatic heterocycles. The van der Waals surface area contributed by atoms with Crippen molar-refractivity contribution in [1.82, 2.24) is 5.16 Å². The summed E-state index contributed by atoms with van der Waals surface area (Å²) in [5, 5.41) is 3.96. The third kappa shape index (κ3) is 4.71. The van der Waals surface area contributed by atoms with Crippen LogP contribution in [0.5, 0.6) is 0 Å². The minimum atomic E-state index is 0.115. The third-order valence-electron chi connectivity index (χ3n) is 4.27. The monoisotopic (exact) mass is 275 g/mol. The highest BCUT2D eigenvalue weighted by Crippen LogP contribution is 2.36. The summed E-state index contributed by atoms with van der Waals surface area (Å²) in [7, 11) is 0. The maximum atomic E-state index is 5.54. The Labute approximate surface area is 124 Å². The van der Waals surface area contributed by atoms with Crippen LogP contribution in [0, 0.1) is 12.3 Å². The maximum Gasteiger partial charge on any atom is 0.159 e. The fourth-order valence-electron chi connectivity index (χ4n) is 2.85. The van der Waals surface area contributed by atoms with Gasteiger partial charge in [-0.2, -0.15) is 0 Å². The molecule has 20 heavy (non-hydrogen) atoms. The van der Waals surface area contributed by atoms with Crippen LogP contribution in [0.4, 0.5) is 0 Å². The molecule has 1 atom stereocenters. The molecule has 1 unspecified atom stereocenters. The van der Waals surface area contributed by atoms with Crippen molar-refractivity contribution in [2.24, 2.45) is 0 Å². The van der Waals surface area contributed by atoms with Crippen LogP contribution in [0.15, 0.2) is 10.8 Å². The Hall–Kier alpha value is -1.23. The molecule has 1 aromatic rings. The molecule has 1 heterocycles. The second kappa shape index (κ2) is 8.84. The molecule has 1 rings (SSSR count). The molecule has 2 nitrogen and oxygen atoms in total. The van der Waals surface area contributed by atoms with Crippen LogP contribution in [0.2, 0.25) is 0 Å². The minimum absolute atomic E-state index is 0.115. The Morgan fingerprint density at radius 3 is 2.40 bits per heavy atom. The van der Waals surface area contributed by atoms with E-state index in [0.29, 0.717) is 5.69 Å². The predicted molar refractivity (Wildman–Crippen MR) is 84.7 cm³/mol. The zero-order valence-electron chi connectivity index (χ0n) is 13.4. The summed E-state index contributed by atoms with van der Waals surface area (Å²) in [5.74, 6) is 2.66. The highest BCUT2D eigenvalue weighted by Gasteiger charge is 2.30. The van der Waals surface area contributed by atoms with E-state index in [9.17, 15) is 0 Å². The summed E-state index contributed by atoms with van der Waals surface area (Å²) in [6, 6.07) is 0. The first kappa shape index (κ1) is 16.8. The lowest BCUT2D eigenvalue weighted by molar-refractivity contribution is 0.361. The molecule has 2 heteroatoms. The Balaban J connectivity index is 2.69. The topological polar surface area (TPSA) is 26.0 Å². The first-order valence-corrected chi connectivity index (χ1v) is 8.09. The van der Waals surface area contributed by atoms with Crippen molar-refractivity contribution < 1.29 is 4.52 Å². The second-order valence-corrected chi connectivity index (χ2v) is 6.05. The molecule has 0 aromatic carbocycles. The Morgan fingerprint density at radius 2 is 1.75 bits per heavy atom. The van der Waals surface area contributed by atoms with Gasteiger partial charge in [0.15, 0.2) is 5.69 Å². The average molecular weight is 275 g/mol. The molecule has 0 bridgehead atoms. The molecule has 0 aliphatic heterocycles. The summed E-state index contributed by atoms with van der Waals surface area (Å²) in [5.41, 5.74) is 1.94. The van der Waals surface area contributed by atoms with E-state index in [-0.39, 0.29) is 5.41 Å². The Bertz CT molecular complexity index is 415. The van der Waals surface area contributed by atoms with E-state index in [1.165, 1.54) is 51.4 Å². The molecule has 0 amide bonds. The van der Waals surface area contributed by atoms with Crippen molar-refractivity contribution in [3.63, 3.8) is 0 Å². The van der Waals surface area contributed by atoms with Gasteiger partial charge in [-0.25, -0.2) is 0 Å². The van der Waals surface area contributed by atoms with E-state index in [1.807, 2.05) is 0 Å². The molecule has 0 radical (unpaired) electrons. The first-order chi connectivity index (χ1) is 9.68. The van der Waals surface area contributed by atoms with Crippen LogP contribution in [0.3, 0.4) is 0 Å². The SMILES string of the molecule is C#Cc1nocc1C(C)(CCCC)CCCCCCC. The number of rotatable bonds is 10. The fourth-order valence-corrected chi connectivity index (χ4v) is 2.85. The highest BCUT2D eigenvalue weighted by molar-refractivity contribution is 5.36. The number of unbranched alkanes of at least 4 members (excludes halogenated alkanes) is 5. The summed E-state index contributed by atoms with van der Waals surface area (Å²) in [4.78, 5) is 0. The standard InChI is InChI=1S/C18H29NO/c1-5-8-10-11-12-14-18(4,13-9-6-2)16-15-20-19-17(16)7-3/h3,15H,5-6,8-14H2,1-2,4H3. The van der Waals surface area contributed by atoms with Gasteiger partial charge in [0.25, 0.3) is 0 Å². The van der Waals surface area contributed by atoms with Crippen molar-refractivity contribution >= 4 is 0 Å². The Kier molecular flexibility index (Phi) is 7.44. The van der Waals surface area contributed by atoms with Crippen LogP contribution in [-0.2, 0) is 5.41 Å². The minimum Gasteiger partial charge on any atom is -0.363 e. The molecule has 0 saturated carbocycles. The van der Waals surface area contributed by atoms with Gasteiger partial charge in [0, 0.05) is 5.56 Å². The van der Waals surface area contributed by atoms with Gasteiger partial charge in [-0.3, -0.25) is 0 Å². The fraction of sp³-hybridized carbons (Fsp3) is 0.722. The lowest BCUT2D eigenvalue weighted by atomic mass is 9.74. The molecule has 0 N–H and O–H groups in total. The zero-order chi connectivity index (χ0) is 14.8. The summed E-state index contributed by atoms with van der Waals surface area (Å²) >= 11 is 0. The molecule has 112 valence electrons. The van der Waals surface area contributed by atoms with Gasteiger partial charge < -0.3 is 4.52 Å². The molecule has 0 fully saturated rings. The van der Waals surface area contributed by atoms with Gasteiger partial charge in [-0.15, -0.1) is 6.42 Å².